The standard InChI is InChI=1S/C19H28N6O6/c1-9(2)12(20)19(28)30-6-11-14(26)15(27)18(31-11)25-8-23-13-16(21-7-22-17(13)25)24-10-3-4-29-5-10/h7-12,14-15,18,26-27H,3-6,20H2,1-2H3,(H,21,22,24)/t10-,11-,12+,14-,15-,18?/m1/s1. The van der Waals surface area contributed by atoms with Crippen molar-refractivity contribution in [2.45, 2.75) is 56.9 Å². The van der Waals surface area contributed by atoms with Gasteiger partial charge in [0, 0.05) is 6.61 Å². The van der Waals surface area contributed by atoms with Crippen LogP contribution in [0.4, 0.5) is 5.82 Å². The third kappa shape index (κ3) is 4.34. The summed E-state index contributed by atoms with van der Waals surface area (Å²) in [5.74, 6) is -0.118. The Morgan fingerprint density at radius 3 is 2.87 bits per heavy atom. The minimum Gasteiger partial charge on any atom is -0.462 e. The molecule has 0 aliphatic carbocycles. The molecule has 2 aromatic heterocycles. The number of imidazole rings is 1. The second kappa shape index (κ2) is 9.01. The topological polar surface area (TPSA) is 167 Å². The molecular formula is C19H28N6O6. The fourth-order valence-corrected chi connectivity index (χ4v) is 3.61. The van der Waals surface area contributed by atoms with Crippen LogP contribution in [-0.2, 0) is 19.0 Å². The Hall–Kier alpha value is -2.38. The highest BCUT2D eigenvalue weighted by atomic mass is 16.6. The van der Waals surface area contributed by atoms with E-state index in [1.165, 1.54) is 17.2 Å². The van der Waals surface area contributed by atoms with Gasteiger partial charge in [0.1, 0.15) is 37.3 Å². The van der Waals surface area contributed by atoms with Gasteiger partial charge in [-0.05, 0) is 12.3 Å². The number of esters is 1. The van der Waals surface area contributed by atoms with Crippen LogP contribution in [0.15, 0.2) is 12.7 Å². The summed E-state index contributed by atoms with van der Waals surface area (Å²) in [6, 6.07) is -0.639. The summed E-state index contributed by atoms with van der Waals surface area (Å²) in [4.78, 5) is 24.9. The third-order valence-corrected chi connectivity index (χ3v) is 5.62. The van der Waals surface area contributed by atoms with E-state index in [0.29, 0.717) is 30.2 Å². The second-order valence-electron chi connectivity index (χ2n) is 8.20. The Morgan fingerprint density at radius 1 is 1.35 bits per heavy atom. The van der Waals surface area contributed by atoms with Gasteiger partial charge in [0.15, 0.2) is 23.2 Å². The first-order chi connectivity index (χ1) is 14.9. The lowest BCUT2D eigenvalue weighted by molar-refractivity contribution is -0.152. The molecule has 0 saturated carbocycles. The fourth-order valence-electron chi connectivity index (χ4n) is 3.61. The molecule has 0 bridgehead atoms. The molecule has 2 aliphatic rings. The fraction of sp³-hybridized carbons (Fsp3) is 0.684. The van der Waals surface area contributed by atoms with Crippen molar-refractivity contribution < 1.29 is 29.2 Å². The molecule has 6 atom stereocenters. The van der Waals surface area contributed by atoms with Gasteiger partial charge < -0.3 is 35.5 Å². The van der Waals surface area contributed by atoms with E-state index in [-0.39, 0.29) is 18.6 Å². The van der Waals surface area contributed by atoms with Crippen molar-refractivity contribution in [2.24, 2.45) is 11.7 Å². The van der Waals surface area contributed by atoms with E-state index in [1.54, 1.807) is 0 Å². The number of hydrogen-bond donors (Lipinski definition) is 4. The van der Waals surface area contributed by atoms with Crippen LogP contribution in [-0.4, -0.2) is 85.9 Å². The van der Waals surface area contributed by atoms with E-state index in [0.717, 1.165) is 6.42 Å². The van der Waals surface area contributed by atoms with E-state index in [9.17, 15) is 15.0 Å². The summed E-state index contributed by atoms with van der Waals surface area (Å²) >= 11 is 0. The normalized spacial score (nSPS) is 29.5. The van der Waals surface area contributed by atoms with Crippen molar-refractivity contribution in [3.63, 3.8) is 0 Å². The number of nitrogens with zero attached hydrogens (tertiary/aromatic N) is 4. The summed E-state index contributed by atoms with van der Waals surface area (Å²) in [7, 11) is 0. The van der Waals surface area contributed by atoms with Crippen molar-refractivity contribution in [1.29, 1.82) is 0 Å². The zero-order chi connectivity index (χ0) is 22.1. The van der Waals surface area contributed by atoms with Gasteiger partial charge in [-0.2, -0.15) is 0 Å². The number of hydrogen-bond acceptors (Lipinski definition) is 11. The molecule has 0 radical (unpaired) electrons. The van der Waals surface area contributed by atoms with Gasteiger partial charge in [0.05, 0.1) is 19.0 Å². The highest BCUT2D eigenvalue weighted by molar-refractivity contribution is 5.82. The highest BCUT2D eigenvalue weighted by Crippen LogP contribution is 2.32. The molecule has 1 unspecified atom stereocenters. The first-order valence-corrected chi connectivity index (χ1v) is 10.3. The van der Waals surface area contributed by atoms with E-state index in [4.69, 9.17) is 19.9 Å². The number of carbonyl (C=O) groups excluding carboxylic acids is 1. The van der Waals surface area contributed by atoms with Gasteiger partial charge in [-0.3, -0.25) is 9.36 Å². The van der Waals surface area contributed by atoms with Gasteiger partial charge in [0.2, 0.25) is 0 Å². The molecule has 0 aromatic carbocycles. The molecule has 0 spiro atoms. The van der Waals surface area contributed by atoms with Crippen LogP contribution in [0.1, 0.15) is 26.5 Å². The van der Waals surface area contributed by atoms with Crippen molar-refractivity contribution in [2.75, 3.05) is 25.1 Å². The summed E-state index contributed by atoms with van der Waals surface area (Å²) in [5.41, 5.74) is 6.73. The SMILES string of the molecule is CC(C)[C@H](N)C(=O)OC[C@H]1OC(n2cnc3c(N[C@@H]4CCOC4)ncnc32)[C@H](O)[C@@H]1O. The summed E-state index contributed by atoms with van der Waals surface area (Å²) < 4.78 is 17.9. The molecule has 4 heterocycles. The molecule has 2 aliphatic heterocycles. The average Bonchev–Trinajstić information content (AvgIpc) is 3.47. The summed E-state index contributed by atoms with van der Waals surface area (Å²) in [5, 5.41) is 24.3. The number of nitrogens with two attached hydrogens (primary N) is 1. The molecule has 4 rings (SSSR count). The lowest BCUT2D eigenvalue weighted by Crippen LogP contribution is -2.40. The molecule has 2 saturated heterocycles. The van der Waals surface area contributed by atoms with E-state index < -0.39 is 36.6 Å². The molecule has 31 heavy (non-hydrogen) atoms. The Labute approximate surface area is 178 Å². The lowest BCUT2D eigenvalue weighted by Gasteiger charge is -2.18. The maximum atomic E-state index is 12.0. The molecule has 2 fully saturated rings. The number of anilines is 1. The van der Waals surface area contributed by atoms with Crippen LogP contribution >= 0.6 is 0 Å². The van der Waals surface area contributed by atoms with Gasteiger partial charge in [-0.15, -0.1) is 0 Å². The van der Waals surface area contributed by atoms with E-state index in [2.05, 4.69) is 20.3 Å². The van der Waals surface area contributed by atoms with Crippen LogP contribution in [0.3, 0.4) is 0 Å². The number of fused-ring (bicyclic) bond motifs is 1. The van der Waals surface area contributed by atoms with Crippen molar-refractivity contribution in [1.82, 2.24) is 19.5 Å². The minimum absolute atomic E-state index is 0.0872. The lowest BCUT2D eigenvalue weighted by atomic mass is 10.1. The van der Waals surface area contributed by atoms with Crippen molar-refractivity contribution in [3.8, 4) is 0 Å². The van der Waals surface area contributed by atoms with Crippen LogP contribution < -0.4 is 11.1 Å². The van der Waals surface area contributed by atoms with E-state index >= 15 is 0 Å². The highest BCUT2D eigenvalue weighted by Gasteiger charge is 2.45. The van der Waals surface area contributed by atoms with Crippen LogP contribution in [0, 0.1) is 5.92 Å². The maximum absolute atomic E-state index is 12.0. The van der Waals surface area contributed by atoms with Crippen LogP contribution in [0.25, 0.3) is 11.2 Å². The van der Waals surface area contributed by atoms with Crippen molar-refractivity contribution in [3.05, 3.63) is 12.7 Å². The Morgan fingerprint density at radius 2 is 2.16 bits per heavy atom. The molecule has 5 N–H and O–H groups in total. The molecular weight excluding hydrogens is 408 g/mol. The minimum atomic E-state index is -1.27. The average molecular weight is 436 g/mol. The number of nitrogens with one attached hydrogen (secondary N) is 1. The Balaban J connectivity index is 1.48. The first kappa shape index (κ1) is 21.8. The zero-order valence-electron chi connectivity index (χ0n) is 17.4. The monoisotopic (exact) mass is 436 g/mol. The smallest absolute Gasteiger partial charge is 0.323 e. The van der Waals surface area contributed by atoms with Crippen LogP contribution in [0.5, 0.6) is 0 Å². The number of aliphatic hydroxyl groups excluding tert-OH is 2. The molecule has 2 aromatic rings. The predicted octanol–water partition coefficient (Wildman–Crippen LogP) is -0.827. The Bertz CT molecular complexity index is 916. The van der Waals surface area contributed by atoms with Gasteiger partial charge >= 0.3 is 5.97 Å². The maximum Gasteiger partial charge on any atom is 0.323 e. The third-order valence-electron chi connectivity index (χ3n) is 5.62. The number of aromatic nitrogens is 4. The van der Waals surface area contributed by atoms with E-state index in [1.807, 2.05) is 13.8 Å². The molecule has 12 nitrogen and oxygen atoms in total. The van der Waals surface area contributed by atoms with Crippen molar-refractivity contribution >= 4 is 23.0 Å². The Kier molecular flexibility index (Phi) is 6.34. The zero-order valence-corrected chi connectivity index (χ0v) is 17.4. The number of rotatable bonds is 7. The van der Waals surface area contributed by atoms with Gasteiger partial charge in [-0.25, -0.2) is 15.0 Å². The number of carbonyl (C=O) groups is 1. The molecule has 170 valence electrons. The molecule has 12 heteroatoms. The summed E-state index contributed by atoms with van der Waals surface area (Å²) in [6.07, 6.45) is -0.683. The largest absolute Gasteiger partial charge is 0.462 e. The summed E-state index contributed by atoms with van der Waals surface area (Å²) in [6.45, 7) is 4.66. The quantitative estimate of drug-likeness (QED) is 0.400. The first-order valence-electron chi connectivity index (χ1n) is 10.3. The molecule has 0 amide bonds. The van der Waals surface area contributed by atoms with Gasteiger partial charge in [0.25, 0.3) is 0 Å². The number of aliphatic hydroxyl groups is 2. The van der Waals surface area contributed by atoms with Gasteiger partial charge in [-0.1, -0.05) is 13.8 Å². The van der Waals surface area contributed by atoms with Crippen LogP contribution in [0.2, 0.25) is 0 Å². The predicted molar refractivity (Wildman–Crippen MR) is 108 cm³/mol. The second-order valence-corrected chi connectivity index (χ2v) is 8.20. The number of ether oxygens (including phenoxy) is 3.